The Hall–Kier alpha value is -0.690. The van der Waals surface area contributed by atoms with E-state index in [9.17, 15) is 9.90 Å². The summed E-state index contributed by atoms with van der Waals surface area (Å²) in [4.78, 5) is 14.1. The highest BCUT2D eigenvalue weighted by Gasteiger charge is 2.41. The normalized spacial score (nSPS) is 37.0. The summed E-state index contributed by atoms with van der Waals surface area (Å²) >= 11 is 0. The molecule has 0 radical (unpaired) electrons. The second kappa shape index (κ2) is 6.60. The largest absolute Gasteiger partial charge is 0.388 e. The molecule has 1 aliphatic carbocycles. The summed E-state index contributed by atoms with van der Waals surface area (Å²) in [5.74, 6) is 0.239. The van der Waals surface area contributed by atoms with Gasteiger partial charge in [0.1, 0.15) is 6.10 Å². The lowest BCUT2D eigenvalue weighted by atomic mass is 10.1. The molecule has 6 heteroatoms. The second-order valence-corrected chi connectivity index (χ2v) is 6.50. The molecule has 3 aliphatic rings. The highest BCUT2D eigenvalue weighted by molar-refractivity contribution is 5.81. The van der Waals surface area contributed by atoms with Crippen LogP contribution in [-0.2, 0) is 14.3 Å². The fourth-order valence-electron chi connectivity index (χ4n) is 3.37. The molecule has 2 saturated heterocycles. The van der Waals surface area contributed by atoms with Crippen LogP contribution in [0.15, 0.2) is 0 Å². The summed E-state index contributed by atoms with van der Waals surface area (Å²) < 4.78 is 11.0. The lowest BCUT2D eigenvalue weighted by molar-refractivity contribution is -0.123. The van der Waals surface area contributed by atoms with Crippen molar-refractivity contribution in [3.05, 3.63) is 0 Å². The SMILES string of the molecule is COCC1CCCN1CC1OCC(NC(=O)C2CC2)C1O. The van der Waals surface area contributed by atoms with Crippen molar-refractivity contribution >= 4 is 5.91 Å². The van der Waals surface area contributed by atoms with Crippen LogP contribution in [0.2, 0.25) is 0 Å². The average Bonchev–Trinajstić information content (AvgIpc) is 3.16. The van der Waals surface area contributed by atoms with E-state index in [-0.39, 0.29) is 24.0 Å². The van der Waals surface area contributed by atoms with Gasteiger partial charge >= 0.3 is 0 Å². The van der Waals surface area contributed by atoms with Gasteiger partial charge in [-0.05, 0) is 32.2 Å². The molecule has 3 rings (SSSR count). The van der Waals surface area contributed by atoms with Crippen LogP contribution < -0.4 is 5.32 Å². The summed E-state index contributed by atoms with van der Waals surface area (Å²) in [5, 5.41) is 13.3. The molecular formula is C15H26N2O4. The summed E-state index contributed by atoms with van der Waals surface area (Å²) in [6.07, 6.45) is 3.43. The first kappa shape index (κ1) is 15.2. The van der Waals surface area contributed by atoms with Crippen LogP contribution in [0.5, 0.6) is 0 Å². The number of likely N-dealkylation sites (tertiary alicyclic amines) is 1. The molecule has 3 fully saturated rings. The third-order valence-corrected chi connectivity index (χ3v) is 4.83. The molecule has 2 aliphatic heterocycles. The minimum atomic E-state index is -0.614. The first-order valence-electron chi connectivity index (χ1n) is 8.02. The van der Waals surface area contributed by atoms with Gasteiger partial charge in [-0.15, -0.1) is 0 Å². The molecule has 1 saturated carbocycles. The van der Waals surface area contributed by atoms with Gasteiger partial charge in [-0.3, -0.25) is 9.69 Å². The Labute approximate surface area is 125 Å². The number of hydrogen-bond donors (Lipinski definition) is 2. The van der Waals surface area contributed by atoms with Crippen molar-refractivity contribution in [3.63, 3.8) is 0 Å². The zero-order chi connectivity index (χ0) is 14.8. The maximum atomic E-state index is 11.8. The van der Waals surface area contributed by atoms with Crippen LogP contribution in [0.3, 0.4) is 0 Å². The first-order chi connectivity index (χ1) is 10.2. The van der Waals surface area contributed by atoms with Crippen molar-refractivity contribution < 1.29 is 19.4 Å². The lowest BCUT2D eigenvalue weighted by Crippen LogP contribution is -2.48. The molecule has 21 heavy (non-hydrogen) atoms. The van der Waals surface area contributed by atoms with Gasteiger partial charge in [0.25, 0.3) is 0 Å². The van der Waals surface area contributed by atoms with E-state index >= 15 is 0 Å². The third kappa shape index (κ3) is 3.56. The number of carbonyl (C=O) groups excluding carboxylic acids is 1. The number of hydrogen-bond acceptors (Lipinski definition) is 5. The number of methoxy groups -OCH3 is 1. The highest BCUT2D eigenvalue weighted by Crippen LogP contribution is 2.29. The van der Waals surface area contributed by atoms with Crippen molar-refractivity contribution in [1.29, 1.82) is 0 Å². The highest BCUT2D eigenvalue weighted by atomic mass is 16.5. The Morgan fingerprint density at radius 1 is 1.43 bits per heavy atom. The van der Waals surface area contributed by atoms with Crippen LogP contribution in [0.25, 0.3) is 0 Å². The smallest absolute Gasteiger partial charge is 0.223 e. The van der Waals surface area contributed by atoms with E-state index in [0.717, 1.165) is 32.4 Å². The maximum Gasteiger partial charge on any atom is 0.223 e. The number of nitrogens with one attached hydrogen (secondary N) is 1. The van der Waals surface area contributed by atoms with E-state index in [4.69, 9.17) is 9.47 Å². The molecule has 0 aromatic rings. The minimum absolute atomic E-state index is 0.0710. The molecule has 4 atom stereocenters. The van der Waals surface area contributed by atoms with Crippen molar-refractivity contribution in [2.45, 2.75) is 50.0 Å². The van der Waals surface area contributed by atoms with Crippen molar-refractivity contribution in [2.75, 3.05) is 33.4 Å². The van der Waals surface area contributed by atoms with Gasteiger partial charge < -0.3 is 19.9 Å². The molecule has 2 heterocycles. The molecule has 2 N–H and O–H groups in total. The summed E-state index contributed by atoms with van der Waals surface area (Å²) in [6.45, 7) is 2.88. The van der Waals surface area contributed by atoms with Gasteiger partial charge in [-0.1, -0.05) is 0 Å². The molecule has 0 aromatic carbocycles. The number of rotatable bonds is 6. The monoisotopic (exact) mass is 298 g/mol. The fraction of sp³-hybridized carbons (Fsp3) is 0.933. The van der Waals surface area contributed by atoms with Gasteiger partial charge in [0.2, 0.25) is 5.91 Å². The zero-order valence-corrected chi connectivity index (χ0v) is 12.7. The predicted molar refractivity (Wildman–Crippen MR) is 76.9 cm³/mol. The van der Waals surface area contributed by atoms with Gasteiger partial charge in [0.15, 0.2) is 0 Å². The number of aliphatic hydroxyl groups excluding tert-OH is 1. The van der Waals surface area contributed by atoms with E-state index in [1.165, 1.54) is 6.42 Å². The average molecular weight is 298 g/mol. The van der Waals surface area contributed by atoms with Crippen LogP contribution in [-0.4, -0.2) is 73.6 Å². The van der Waals surface area contributed by atoms with Crippen LogP contribution in [0, 0.1) is 5.92 Å². The maximum absolute atomic E-state index is 11.8. The first-order valence-corrected chi connectivity index (χ1v) is 8.02. The summed E-state index contributed by atoms with van der Waals surface area (Å²) in [5.41, 5.74) is 0. The van der Waals surface area contributed by atoms with Crippen LogP contribution in [0.4, 0.5) is 0 Å². The third-order valence-electron chi connectivity index (χ3n) is 4.83. The zero-order valence-electron chi connectivity index (χ0n) is 12.7. The molecule has 0 aromatic heterocycles. The molecule has 6 nitrogen and oxygen atoms in total. The Kier molecular flexibility index (Phi) is 4.78. The topological polar surface area (TPSA) is 71.0 Å². The number of nitrogens with zero attached hydrogens (tertiary/aromatic N) is 1. The molecular weight excluding hydrogens is 272 g/mol. The number of amides is 1. The van der Waals surface area contributed by atoms with E-state index in [1.54, 1.807) is 7.11 Å². The fourth-order valence-corrected chi connectivity index (χ4v) is 3.37. The van der Waals surface area contributed by atoms with Crippen molar-refractivity contribution in [1.82, 2.24) is 10.2 Å². The summed E-state index contributed by atoms with van der Waals surface area (Å²) in [7, 11) is 1.72. The molecule has 120 valence electrons. The quantitative estimate of drug-likeness (QED) is 0.708. The Bertz CT molecular complexity index is 375. The molecule has 0 bridgehead atoms. The van der Waals surface area contributed by atoms with Gasteiger partial charge in [-0.25, -0.2) is 0 Å². The van der Waals surface area contributed by atoms with E-state index in [1.807, 2.05) is 0 Å². The van der Waals surface area contributed by atoms with Crippen molar-refractivity contribution in [2.24, 2.45) is 5.92 Å². The standard InChI is InChI=1S/C15H26N2O4/c1-20-8-11-3-2-6-17(11)7-13-14(18)12(9-21-13)16-15(19)10-4-5-10/h10-14,18H,2-9H2,1H3,(H,16,19). The number of carbonyl (C=O) groups is 1. The van der Waals surface area contributed by atoms with Gasteiger partial charge in [-0.2, -0.15) is 0 Å². The van der Waals surface area contributed by atoms with E-state index in [2.05, 4.69) is 10.2 Å². The molecule has 0 spiro atoms. The second-order valence-electron chi connectivity index (χ2n) is 6.50. The minimum Gasteiger partial charge on any atom is -0.388 e. The van der Waals surface area contributed by atoms with Crippen LogP contribution >= 0.6 is 0 Å². The van der Waals surface area contributed by atoms with E-state index < -0.39 is 6.10 Å². The Morgan fingerprint density at radius 2 is 2.24 bits per heavy atom. The number of ether oxygens (including phenoxy) is 2. The molecule has 4 unspecified atom stereocenters. The summed E-state index contributed by atoms with van der Waals surface area (Å²) in [6, 6.07) is 0.164. The number of aliphatic hydroxyl groups is 1. The lowest BCUT2D eigenvalue weighted by Gasteiger charge is -2.28. The van der Waals surface area contributed by atoms with Crippen molar-refractivity contribution in [3.8, 4) is 0 Å². The van der Waals surface area contributed by atoms with E-state index in [0.29, 0.717) is 19.2 Å². The van der Waals surface area contributed by atoms with Gasteiger partial charge in [0.05, 0.1) is 25.4 Å². The Morgan fingerprint density at radius 3 is 2.95 bits per heavy atom. The predicted octanol–water partition coefficient (Wildman–Crippen LogP) is -0.248. The molecule has 1 amide bonds. The Balaban J connectivity index is 1.49. The van der Waals surface area contributed by atoms with Crippen LogP contribution in [0.1, 0.15) is 25.7 Å². The van der Waals surface area contributed by atoms with Gasteiger partial charge in [0, 0.05) is 25.6 Å².